The van der Waals surface area contributed by atoms with E-state index in [2.05, 4.69) is 15.0 Å². The van der Waals surface area contributed by atoms with Gasteiger partial charge in [-0.25, -0.2) is 13.2 Å². The summed E-state index contributed by atoms with van der Waals surface area (Å²) in [6, 6.07) is 6.07. The van der Waals surface area contributed by atoms with Crippen LogP contribution in [-0.2, 0) is 19.6 Å². The van der Waals surface area contributed by atoms with E-state index in [1.54, 1.807) is 26.1 Å². The van der Waals surface area contributed by atoms with Crippen molar-refractivity contribution in [1.29, 1.82) is 0 Å². The maximum Gasteiger partial charge on any atom is 0.343 e. The van der Waals surface area contributed by atoms with E-state index in [9.17, 15) is 18.0 Å². The third-order valence-electron chi connectivity index (χ3n) is 4.70. The molecule has 2 aromatic rings. The van der Waals surface area contributed by atoms with E-state index in [0.29, 0.717) is 35.0 Å². The Morgan fingerprint density at radius 1 is 1.23 bits per heavy atom. The normalized spacial score (nSPS) is 14.9. The van der Waals surface area contributed by atoms with Gasteiger partial charge in [-0.3, -0.25) is 4.79 Å². The lowest BCUT2D eigenvalue weighted by Crippen LogP contribution is -2.35. The quantitative estimate of drug-likeness (QED) is 0.620. The van der Waals surface area contributed by atoms with Crippen molar-refractivity contribution in [3.05, 3.63) is 35.5 Å². The topological polar surface area (TPSA) is 118 Å². The molecule has 9 nitrogen and oxygen atoms in total. The van der Waals surface area contributed by atoms with Crippen LogP contribution >= 0.6 is 11.5 Å². The lowest BCUT2D eigenvalue weighted by Gasteiger charge is -2.26. The largest absolute Gasteiger partial charge is 0.452 e. The third kappa shape index (κ3) is 4.97. The molecule has 0 bridgehead atoms. The van der Waals surface area contributed by atoms with E-state index in [-0.39, 0.29) is 4.90 Å². The molecule has 0 aliphatic carbocycles. The van der Waals surface area contributed by atoms with Gasteiger partial charge in [-0.05, 0) is 49.5 Å². The first-order valence-corrected chi connectivity index (χ1v) is 11.8. The van der Waals surface area contributed by atoms with E-state index in [4.69, 9.17) is 4.74 Å². The number of aromatic nitrogens is 1. The summed E-state index contributed by atoms with van der Waals surface area (Å²) in [7, 11) is -1.94. The van der Waals surface area contributed by atoms with Gasteiger partial charge in [0.05, 0.1) is 10.6 Å². The SMILES string of the molecule is CNc1snc(C)c1C(=O)OCC(=O)Nc1cccc(S(=O)(=O)N2CCCCC2)c1. The van der Waals surface area contributed by atoms with Crippen molar-refractivity contribution in [2.45, 2.75) is 31.1 Å². The first-order chi connectivity index (χ1) is 14.3. The van der Waals surface area contributed by atoms with Crippen molar-refractivity contribution in [2.24, 2.45) is 0 Å². The molecule has 162 valence electrons. The molecule has 0 atom stereocenters. The smallest absolute Gasteiger partial charge is 0.343 e. The van der Waals surface area contributed by atoms with Crippen molar-refractivity contribution in [1.82, 2.24) is 8.68 Å². The Hall–Kier alpha value is -2.50. The molecule has 2 heterocycles. The van der Waals surface area contributed by atoms with Gasteiger partial charge in [0.25, 0.3) is 5.91 Å². The molecular weight excluding hydrogens is 428 g/mol. The second-order valence-corrected chi connectivity index (χ2v) is 9.55. The van der Waals surface area contributed by atoms with Crippen LogP contribution in [-0.4, -0.2) is 55.7 Å². The zero-order valence-corrected chi connectivity index (χ0v) is 18.4. The van der Waals surface area contributed by atoms with Crippen LogP contribution in [0.1, 0.15) is 35.3 Å². The zero-order chi connectivity index (χ0) is 21.7. The average Bonchev–Trinajstić information content (AvgIpc) is 3.13. The molecule has 11 heteroatoms. The maximum atomic E-state index is 12.8. The number of rotatable bonds is 7. The minimum Gasteiger partial charge on any atom is -0.452 e. The fraction of sp³-hybridized carbons (Fsp3) is 0.421. The number of ether oxygens (including phenoxy) is 1. The van der Waals surface area contributed by atoms with Crippen molar-refractivity contribution < 1.29 is 22.7 Å². The lowest BCUT2D eigenvalue weighted by molar-refractivity contribution is -0.119. The van der Waals surface area contributed by atoms with Crippen LogP contribution in [0.5, 0.6) is 0 Å². The predicted molar refractivity (Wildman–Crippen MR) is 114 cm³/mol. The molecule has 1 aromatic heterocycles. The number of piperidine rings is 1. The fourth-order valence-electron chi connectivity index (χ4n) is 3.17. The molecule has 1 aliphatic rings. The second-order valence-electron chi connectivity index (χ2n) is 6.84. The van der Waals surface area contributed by atoms with Crippen molar-refractivity contribution in [3.8, 4) is 0 Å². The van der Waals surface area contributed by atoms with Gasteiger partial charge in [-0.1, -0.05) is 12.5 Å². The van der Waals surface area contributed by atoms with Gasteiger partial charge in [0.1, 0.15) is 10.6 Å². The Morgan fingerprint density at radius 3 is 2.67 bits per heavy atom. The Balaban J connectivity index is 1.62. The van der Waals surface area contributed by atoms with Gasteiger partial charge in [0.2, 0.25) is 10.0 Å². The molecule has 1 aromatic carbocycles. The third-order valence-corrected chi connectivity index (χ3v) is 7.55. The number of nitrogens with zero attached hydrogens (tertiary/aromatic N) is 2. The first-order valence-electron chi connectivity index (χ1n) is 9.54. The number of hydrogen-bond acceptors (Lipinski definition) is 8. The number of aryl methyl sites for hydroxylation is 1. The number of anilines is 2. The molecule has 0 saturated carbocycles. The van der Waals surface area contributed by atoms with Gasteiger partial charge in [0, 0.05) is 25.8 Å². The Morgan fingerprint density at radius 2 is 1.97 bits per heavy atom. The molecule has 1 amide bonds. The molecule has 0 unspecified atom stereocenters. The number of amides is 1. The van der Waals surface area contributed by atoms with Crippen molar-refractivity contribution >= 4 is 44.1 Å². The van der Waals surface area contributed by atoms with Crippen LogP contribution in [0.2, 0.25) is 0 Å². The van der Waals surface area contributed by atoms with Gasteiger partial charge in [0.15, 0.2) is 6.61 Å². The van der Waals surface area contributed by atoms with Crippen LogP contribution in [0, 0.1) is 6.92 Å². The maximum absolute atomic E-state index is 12.8. The molecule has 1 fully saturated rings. The number of carbonyl (C=O) groups is 2. The first kappa shape index (κ1) is 22.2. The molecule has 0 spiro atoms. The highest BCUT2D eigenvalue weighted by molar-refractivity contribution is 7.89. The summed E-state index contributed by atoms with van der Waals surface area (Å²) in [5, 5.41) is 6.00. The van der Waals surface area contributed by atoms with E-state index in [1.165, 1.54) is 16.4 Å². The van der Waals surface area contributed by atoms with Gasteiger partial charge in [-0.15, -0.1) is 0 Å². The Bertz CT molecular complexity index is 1030. The zero-order valence-electron chi connectivity index (χ0n) is 16.8. The van der Waals surface area contributed by atoms with Gasteiger partial charge < -0.3 is 15.4 Å². The van der Waals surface area contributed by atoms with Crippen LogP contribution in [0.15, 0.2) is 29.2 Å². The number of esters is 1. The van der Waals surface area contributed by atoms with Crippen LogP contribution < -0.4 is 10.6 Å². The van der Waals surface area contributed by atoms with Crippen molar-refractivity contribution in [3.63, 3.8) is 0 Å². The van der Waals surface area contributed by atoms with E-state index in [0.717, 1.165) is 30.8 Å². The summed E-state index contributed by atoms with van der Waals surface area (Å²) < 4.78 is 36.2. The second kappa shape index (κ2) is 9.54. The number of nitrogens with one attached hydrogen (secondary N) is 2. The average molecular weight is 453 g/mol. The van der Waals surface area contributed by atoms with E-state index >= 15 is 0 Å². The molecule has 2 N–H and O–H groups in total. The summed E-state index contributed by atoms with van der Waals surface area (Å²) >= 11 is 1.13. The number of hydrogen-bond donors (Lipinski definition) is 2. The predicted octanol–water partition coefficient (Wildman–Crippen LogP) is 2.46. The fourth-order valence-corrected chi connectivity index (χ4v) is 5.47. The van der Waals surface area contributed by atoms with Gasteiger partial charge in [-0.2, -0.15) is 8.68 Å². The molecule has 1 saturated heterocycles. The lowest BCUT2D eigenvalue weighted by atomic mass is 10.2. The molecule has 1 aliphatic heterocycles. The van der Waals surface area contributed by atoms with Crippen LogP contribution in [0.4, 0.5) is 10.7 Å². The minimum atomic E-state index is -3.60. The molecule has 30 heavy (non-hydrogen) atoms. The Labute approximate surface area is 179 Å². The number of sulfonamides is 1. The molecular formula is C19H24N4O5S2. The molecule has 3 rings (SSSR count). The highest BCUT2D eigenvalue weighted by Gasteiger charge is 2.26. The summed E-state index contributed by atoms with van der Waals surface area (Å²) in [5.74, 6) is -1.22. The standard InChI is InChI=1S/C19H24N4O5S2/c1-13-17(18(20-2)29-22-13)19(25)28-12-16(24)21-14-7-6-8-15(11-14)30(26,27)23-9-4-3-5-10-23/h6-8,11,20H,3-5,9-10,12H2,1-2H3,(H,21,24). The summed E-state index contributed by atoms with van der Waals surface area (Å²) in [5.41, 5.74) is 1.13. The highest BCUT2D eigenvalue weighted by Crippen LogP contribution is 2.25. The Kier molecular flexibility index (Phi) is 7.06. The van der Waals surface area contributed by atoms with Crippen molar-refractivity contribution in [2.75, 3.05) is 37.4 Å². The van der Waals surface area contributed by atoms with E-state index in [1.807, 2.05) is 0 Å². The minimum absolute atomic E-state index is 0.123. The summed E-state index contributed by atoms with van der Waals surface area (Å²) in [6.45, 7) is 2.18. The van der Waals surface area contributed by atoms with Gasteiger partial charge >= 0.3 is 5.97 Å². The van der Waals surface area contributed by atoms with E-state index < -0.39 is 28.5 Å². The van der Waals surface area contributed by atoms with Crippen LogP contribution in [0.3, 0.4) is 0 Å². The number of benzene rings is 1. The van der Waals surface area contributed by atoms with Crippen LogP contribution in [0.25, 0.3) is 0 Å². The summed E-state index contributed by atoms with van der Waals surface area (Å²) in [4.78, 5) is 24.6. The number of carbonyl (C=O) groups excluding carboxylic acids is 2. The molecule has 0 radical (unpaired) electrons. The highest BCUT2D eigenvalue weighted by atomic mass is 32.2. The summed E-state index contributed by atoms with van der Waals surface area (Å²) in [6.07, 6.45) is 2.71. The monoisotopic (exact) mass is 452 g/mol.